The van der Waals surface area contributed by atoms with Crippen LogP contribution in [0, 0.1) is 3.57 Å². The van der Waals surface area contributed by atoms with E-state index in [-0.39, 0.29) is 5.56 Å². The van der Waals surface area contributed by atoms with Crippen molar-refractivity contribution >= 4 is 34.4 Å². The minimum atomic E-state index is -0.00148. The number of aromatic nitrogens is 2. The molecule has 5 heteroatoms. The van der Waals surface area contributed by atoms with Gasteiger partial charge in [0.05, 0.1) is 6.20 Å². The maximum Gasteiger partial charge on any atom is 0.267 e. The summed E-state index contributed by atoms with van der Waals surface area (Å²) in [6.07, 6.45) is 2.72. The van der Waals surface area contributed by atoms with E-state index in [2.05, 4.69) is 34.6 Å². The second-order valence-corrected chi connectivity index (χ2v) is 5.43. The molecule has 0 aliphatic rings. The Labute approximate surface area is 101 Å². The average molecular weight is 324 g/mol. The summed E-state index contributed by atoms with van der Waals surface area (Å²) in [7, 11) is 0. The molecule has 0 unspecified atom stereocenters. The van der Waals surface area contributed by atoms with E-state index < -0.39 is 0 Å². The fourth-order valence-corrected chi connectivity index (χ4v) is 2.05. The molecule has 0 aromatic carbocycles. The number of thioether (sulfide) groups is 1. The standard InChI is InChI=1S/C9H13IN2OS/c1-2-14-5-3-4-12-9(13)6-8(10)7-11-12/h6-7H,2-5H2,1H3. The first-order valence-electron chi connectivity index (χ1n) is 4.54. The lowest BCUT2D eigenvalue weighted by molar-refractivity contribution is 0.569. The van der Waals surface area contributed by atoms with E-state index in [0.29, 0.717) is 0 Å². The van der Waals surface area contributed by atoms with E-state index >= 15 is 0 Å². The third-order valence-corrected chi connectivity index (χ3v) is 3.27. The molecule has 0 saturated carbocycles. The highest BCUT2D eigenvalue weighted by Gasteiger charge is 1.97. The second-order valence-electron chi connectivity index (χ2n) is 2.79. The van der Waals surface area contributed by atoms with Crippen molar-refractivity contribution in [3.05, 3.63) is 26.2 Å². The van der Waals surface area contributed by atoms with E-state index in [1.807, 2.05) is 11.8 Å². The first-order chi connectivity index (χ1) is 6.74. The predicted octanol–water partition coefficient (Wildman–Crippen LogP) is 1.99. The topological polar surface area (TPSA) is 34.9 Å². The molecule has 1 aromatic heterocycles. The van der Waals surface area contributed by atoms with Crippen LogP contribution in [0.3, 0.4) is 0 Å². The predicted molar refractivity (Wildman–Crippen MR) is 68.8 cm³/mol. The molecule has 0 amide bonds. The zero-order valence-corrected chi connectivity index (χ0v) is 11.0. The molecule has 1 heterocycles. The summed E-state index contributed by atoms with van der Waals surface area (Å²) in [6.45, 7) is 2.86. The highest BCUT2D eigenvalue weighted by molar-refractivity contribution is 14.1. The first kappa shape index (κ1) is 12.0. The Bertz CT molecular complexity index is 340. The van der Waals surface area contributed by atoms with Gasteiger partial charge in [0, 0.05) is 16.2 Å². The van der Waals surface area contributed by atoms with Crippen LogP contribution in [0.1, 0.15) is 13.3 Å². The zero-order chi connectivity index (χ0) is 10.4. The highest BCUT2D eigenvalue weighted by atomic mass is 127. The SMILES string of the molecule is CCSCCCn1ncc(I)cc1=O. The Balaban J connectivity index is 2.47. The highest BCUT2D eigenvalue weighted by Crippen LogP contribution is 2.01. The van der Waals surface area contributed by atoms with Crippen LogP contribution >= 0.6 is 34.4 Å². The number of aryl methyl sites for hydroxylation is 1. The van der Waals surface area contributed by atoms with Crippen molar-refractivity contribution in [3.63, 3.8) is 0 Å². The van der Waals surface area contributed by atoms with E-state index in [1.165, 1.54) is 4.68 Å². The van der Waals surface area contributed by atoms with Gasteiger partial charge in [0.1, 0.15) is 0 Å². The van der Waals surface area contributed by atoms with Gasteiger partial charge in [-0.15, -0.1) is 0 Å². The molecule has 0 bridgehead atoms. The molecule has 0 aliphatic carbocycles. The summed E-state index contributed by atoms with van der Waals surface area (Å²) in [5, 5.41) is 4.06. The first-order valence-corrected chi connectivity index (χ1v) is 6.78. The van der Waals surface area contributed by atoms with Gasteiger partial charge in [0.2, 0.25) is 0 Å². The lowest BCUT2D eigenvalue weighted by Crippen LogP contribution is -2.22. The molecule has 0 fully saturated rings. The molecule has 0 N–H and O–H groups in total. The number of hydrogen-bond acceptors (Lipinski definition) is 3. The van der Waals surface area contributed by atoms with Gasteiger partial charge < -0.3 is 0 Å². The molecule has 1 rings (SSSR count). The lowest BCUT2D eigenvalue weighted by atomic mass is 10.5. The lowest BCUT2D eigenvalue weighted by Gasteiger charge is -2.02. The Hall–Kier alpha value is -0.0400. The smallest absolute Gasteiger partial charge is 0.267 e. The minimum absolute atomic E-state index is 0.00148. The Morgan fingerprint density at radius 1 is 1.64 bits per heavy atom. The van der Waals surface area contributed by atoms with Gasteiger partial charge >= 0.3 is 0 Å². The molecule has 14 heavy (non-hydrogen) atoms. The second kappa shape index (κ2) is 6.44. The van der Waals surface area contributed by atoms with Gasteiger partial charge in [-0.1, -0.05) is 6.92 Å². The van der Waals surface area contributed by atoms with Crippen molar-refractivity contribution in [1.29, 1.82) is 0 Å². The normalized spacial score (nSPS) is 10.4. The maximum atomic E-state index is 11.4. The average Bonchev–Trinajstić information content (AvgIpc) is 2.15. The molecular weight excluding hydrogens is 311 g/mol. The molecule has 3 nitrogen and oxygen atoms in total. The largest absolute Gasteiger partial charge is 0.268 e. The third-order valence-electron chi connectivity index (χ3n) is 1.70. The van der Waals surface area contributed by atoms with E-state index in [4.69, 9.17) is 0 Å². The van der Waals surface area contributed by atoms with Crippen LogP contribution in [0.15, 0.2) is 17.1 Å². The van der Waals surface area contributed by atoms with Crippen LogP contribution in [0.25, 0.3) is 0 Å². The van der Waals surface area contributed by atoms with E-state index in [1.54, 1.807) is 12.3 Å². The summed E-state index contributed by atoms with van der Waals surface area (Å²) < 4.78 is 2.42. The van der Waals surface area contributed by atoms with Crippen molar-refractivity contribution in [3.8, 4) is 0 Å². The van der Waals surface area contributed by atoms with Crippen molar-refractivity contribution in [2.24, 2.45) is 0 Å². The summed E-state index contributed by atoms with van der Waals surface area (Å²) in [4.78, 5) is 11.4. The molecular formula is C9H13IN2OS. The monoisotopic (exact) mass is 324 g/mol. The summed E-state index contributed by atoms with van der Waals surface area (Å²) >= 11 is 3.98. The number of rotatable bonds is 5. The summed E-state index contributed by atoms with van der Waals surface area (Å²) in [6, 6.07) is 1.61. The molecule has 0 aliphatic heterocycles. The fraction of sp³-hybridized carbons (Fsp3) is 0.556. The van der Waals surface area contributed by atoms with Gasteiger partial charge in [-0.25, -0.2) is 4.68 Å². The molecule has 0 spiro atoms. The fourth-order valence-electron chi connectivity index (χ4n) is 1.04. The number of halogens is 1. The van der Waals surface area contributed by atoms with E-state index in [0.717, 1.165) is 28.0 Å². The van der Waals surface area contributed by atoms with Crippen LogP contribution in [-0.4, -0.2) is 21.3 Å². The van der Waals surface area contributed by atoms with Gasteiger partial charge in [0.25, 0.3) is 5.56 Å². The maximum absolute atomic E-state index is 11.4. The molecule has 0 radical (unpaired) electrons. The van der Waals surface area contributed by atoms with Crippen molar-refractivity contribution in [2.75, 3.05) is 11.5 Å². The van der Waals surface area contributed by atoms with Gasteiger partial charge in [-0.2, -0.15) is 16.9 Å². The van der Waals surface area contributed by atoms with Crippen LogP contribution in [0.5, 0.6) is 0 Å². The molecule has 0 atom stereocenters. The van der Waals surface area contributed by atoms with Crippen molar-refractivity contribution in [1.82, 2.24) is 9.78 Å². The van der Waals surface area contributed by atoms with Crippen LogP contribution < -0.4 is 5.56 Å². The van der Waals surface area contributed by atoms with Crippen molar-refractivity contribution < 1.29 is 0 Å². The van der Waals surface area contributed by atoms with Crippen molar-refractivity contribution in [2.45, 2.75) is 19.9 Å². The Morgan fingerprint density at radius 2 is 2.43 bits per heavy atom. The summed E-state index contributed by atoms with van der Waals surface area (Å²) in [5.41, 5.74) is -0.00148. The Morgan fingerprint density at radius 3 is 3.07 bits per heavy atom. The minimum Gasteiger partial charge on any atom is -0.268 e. The van der Waals surface area contributed by atoms with Crippen LogP contribution in [-0.2, 0) is 6.54 Å². The summed E-state index contributed by atoms with van der Waals surface area (Å²) in [5.74, 6) is 2.23. The van der Waals surface area contributed by atoms with E-state index in [9.17, 15) is 4.79 Å². The van der Waals surface area contributed by atoms with Crippen LogP contribution in [0.4, 0.5) is 0 Å². The molecule has 78 valence electrons. The Kier molecular flexibility index (Phi) is 5.54. The number of nitrogens with zero attached hydrogens (tertiary/aromatic N) is 2. The van der Waals surface area contributed by atoms with Gasteiger partial charge in [-0.05, 0) is 40.5 Å². The zero-order valence-electron chi connectivity index (χ0n) is 8.07. The third kappa shape index (κ3) is 4.00. The van der Waals surface area contributed by atoms with Gasteiger partial charge in [-0.3, -0.25) is 4.79 Å². The molecule has 1 aromatic rings. The van der Waals surface area contributed by atoms with Gasteiger partial charge in [0.15, 0.2) is 0 Å². The molecule has 0 saturated heterocycles. The van der Waals surface area contributed by atoms with Crippen LogP contribution in [0.2, 0.25) is 0 Å². The number of hydrogen-bond donors (Lipinski definition) is 0. The quantitative estimate of drug-likeness (QED) is 0.614.